The van der Waals surface area contributed by atoms with Gasteiger partial charge in [-0.15, -0.1) is 0 Å². The highest BCUT2D eigenvalue weighted by atomic mass is 79.9. The van der Waals surface area contributed by atoms with Gasteiger partial charge in [0.15, 0.2) is 5.96 Å². The van der Waals surface area contributed by atoms with Crippen molar-refractivity contribution in [2.45, 2.75) is 31.7 Å². The number of benzene rings is 1. The lowest BCUT2D eigenvalue weighted by Gasteiger charge is -2.39. The average molecular weight is 308 g/mol. The predicted octanol–water partition coefficient (Wildman–Crippen LogP) is 3.14. The summed E-state index contributed by atoms with van der Waals surface area (Å²) in [5, 5.41) is 0. The van der Waals surface area contributed by atoms with Crippen LogP contribution in [0.15, 0.2) is 33.7 Å². The number of halogens is 1. The smallest absolute Gasteiger partial charge is 0.196 e. The van der Waals surface area contributed by atoms with Gasteiger partial charge in [-0.05, 0) is 49.4 Å². The molecule has 1 atom stereocenters. The molecule has 0 amide bonds. The second-order valence-electron chi connectivity index (χ2n) is 5.22. The lowest BCUT2D eigenvalue weighted by Crippen LogP contribution is -2.53. The maximum Gasteiger partial charge on any atom is 0.196 e. The molecule has 0 saturated heterocycles. The van der Waals surface area contributed by atoms with E-state index in [1.807, 2.05) is 0 Å². The largest absolute Gasteiger partial charge is 0.369 e. The zero-order valence-corrected chi connectivity index (χ0v) is 12.2. The Hall–Kier alpha value is -1.03. The van der Waals surface area contributed by atoms with Crippen molar-refractivity contribution in [2.75, 3.05) is 11.4 Å². The van der Waals surface area contributed by atoms with Crippen LogP contribution in [0.5, 0.6) is 0 Å². The molecule has 1 heterocycles. The Morgan fingerprint density at radius 2 is 2.06 bits per heavy atom. The van der Waals surface area contributed by atoms with Crippen LogP contribution in [0, 0.1) is 5.92 Å². The maximum atomic E-state index is 6.13. The highest BCUT2D eigenvalue weighted by Crippen LogP contribution is 2.48. The molecule has 0 radical (unpaired) electrons. The van der Waals surface area contributed by atoms with Crippen molar-refractivity contribution in [3.05, 3.63) is 28.7 Å². The fraction of sp³-hybridized carbons (Fsp3) is 0.500. The van der Waals surface area contributed by atoms with Gasteiger partial charge in [0.05, 0.1) is 12.1 Å². The second-order valence-corrected chi connectivity index (χ2v) is 6.13. The summed E-state index contributed by atoms with van der Waals surface area (Å²) in [6, 6.07) is 8.36. The van der Waals surface area contributed by atoms with Crippen LogP contribution < -0.4 is 10.6 Å². The van der Waals surface area contributed by atoms with Gasteiger partial charge in [0.2, 0.25) is 0 Å². The molecule has 0 bridgehead atoms. The Balaban J connectivity index is 2.00. The molecular weight excluding hydrogens is 290 g/mol. The summed E-state index contributed by atoms with van der Waals surface area (Å²) in [5.41, 5.74) is 7.41. The summed E-state index contributed by atoms with van der Waals surface area (Å²) in [4.78, 5) is 6.77. The van der Waals surface area contributed by atoms with Crippen LogP contribution in [0.2, 0.25) is 0 Å². The van der Waals surface area contributed by atoms with Crippen LogP contribution in [0.4, 0.5) is 5.69 Å². The van der Waals surface area contributed by atoms with Gasteiger partial charge in [0.25, 0.3) is 0 Å². The molecule has 4 heteroatoms. The molecule has 0 aromatic heterocycles. The van der Waals surface area contributed by atoms with E-state index in [1.54, 1.807) is 0 Å². The zero-order valence-electron chi connectivity index (χ0n) is 10.6. The van der Waals surface area contributed by atoms with Crippen LogP contribution in [-0.2, 0) is 0 Å². The van der Waals surface area contributed by atoms with Gasteiger partial charge < -0.3 is 10.6 Å². The topological polar surface area (TPSA) is 41.6 Å². The Morgan fingerprint density at radius 1 is 1.39 bits per heavy atom. The minimum atomic E-state index is 0.123. The molecule has 1 fully saturated rings. The van der Waals surface area contributed by atoms with Gasteiger partial charge in [-0.2, -0.15) is 0 Å². The number of hydrogen-bond donors (Lipinski definition) is 1. The Kier molecular flexibility index (Phi) is 2.85. The molecule has 96 valence electrons. The number of aliphatic imine (C=N–C) groups is 1. The van der Waals surface area contributed by atoms with E-state index < -0.39 is 0 Å². The van der Waals surface area contributed by atoms with Gasteiger partial charge in [-0.1, -0.05) is 22.9 Å². The average Bonchev–Trinajstić information content (AvgIpc) is 3.17. The Morgan fingerprint density at radius 3 is 2.61 bits per heavy atom. The monoisotopic (exact) mass is 307 g/mol. The van der Waals surface area contributed by atoms with Crippen LogP contribution in [-0.4, -0.2) is 18.0 Å². The Labute approximate surface area is 116 Å². The molecule has 1 saturated carbocycles. The number of nitrogens with zero attached hydrogens (tertiary/aromatic N) is 2. The number of hydrogen-bond acceptors (Lipinski definition) is 3. The van der Waals surface area contributed by atoms with E-state index in [1.165, 1.54) is 12.8 Å². The quantitative estimate of drug-likeness (QED) is 0.932. The maximum absolute atomic E-state index is 6.13. The van der Waals surface area contributed by atoms with Crippen LogP contribution in [0.1, 0.15) is 26.2 Å². The minimum absolute atomic E-state index is 0.123. The van der Waals surface area contributed by atoms with Crippen molar-refractivity contribution in [3.8, 4) is 0 Å². The third-order valence-electron chi connectivity index (χ3n) is 4.22. The van der Waals surface area contributed by atoms with Gasteiger partial charge in [0.1, 0.15) is 0 Å². The molecule has 1 unspecified atom stereocenters. The molecule has 3 nitrogen and oxygen atoms in total. The van der Waals surface area contributed by atoms with E-state index in [9.17, 15) is 0 Å². The van der Waals surface area contributed by atoms with Gasteiger partial charge in [-0.25, -0.2) is 0 Å². The van der Waals surface area contributed by atoms with Crippen molar-refractivity contribution in [1.82, 2.24) is 0 Å². The van der Waals surface area contributed by atoms with E-state index in [2.05, 4.69) is 57.0 Å². The normalized spacial score (nSPS) is 27.4. The first-order valence-electron chi connectivity index (χ1n) is 6.53. The first-order valence-corrected chi connectivity index (χ1v) is 7.32. The summed E-state index contributed by atoms with van der Waals surface area (Å²) in [6.45, 7) is 3.09. The zero-order chi connectivity index (χ0) is 12.8. The Bertz CT molecular complexity index is 478. The van der Waals surface area contributed by atoms with E-state index in [0.29, 0.717) is 5.96 Å². The molecule has 2 N–H and O–H groups in total. The summed E-state index contributed by atoms with van der Waals surface area (Å²) in [6.07, 6.45) is 3.71. The summed E-state index contributed by atoms with van der Waals surface area (Å²) >= 11 is 3.48. The highest BCUT2D eigenvalue weighted by molar-refractivity contribution is 9.10. The van der Waals surface area contributed by atoms with Crippen molar-refractivity contribution < 1.29 is 0 Å². The number of guanidine groups is 1. The second kappa shape index (κ2) is 4.26. The van der Waals surface area contributed by atoms with Crippen molar-refractivity contribution in [1.29, 1.82) is 0 Å². The van der Waals surface area contributed by atoms with Crippen LogP contribution in [0.3, 0.4) is 0 Å². The lowest BCUT2D eigenvalue weighted by atomic mass is 9.88. The molecule has 3 rings (SSSR count). The third kappa shape index (κ3) is 1.74. The van der Waals surface area contributed by atoms with Crippen LogP contribution in [0.25, 0.3) is 0 Å². The molecular formula is C14H18BrN3. The van der Waals surface area contributed by atoms with Crippen LogP contribution >= 0.6 is 15.9 Å². The van der Waals surface area contributed by atoms with Crippen molar-refractivity contribution >= 4 is 27.6 Å². The van der Waals surface area contributed by atoms with E-state index in [0.717, 1.165) is 29.0 Å². The lowest BCUT2D eigenvalue weighted by molar-refractivity contribution is 0.386. The van der Waals surface area contributed by atoms with Crippen molar-refractivity contribution in [2.24, 2.45) is 16.6 Å². The van der Waals surface area contributed by atoms with E-state index >= 15 is 0 Å². The molecule has 1 aliphatic carbocycles. The van der Waals surface area contributed by atoms with Crippen molar-refractivity contribution in [3.63, 3.8) is 0 Å². The molecule has 18 heavy (non-hydrogen) atoms. The molecule has 1 aromatic carbocycles. The molecule has 1 aliphatic heterocycles. The SMILES string of the molecule is CCC1(C2CC2)CN=C(N)N1c1ccc(Br)cc1. The van der Waals surface area contributed by atoms with E-state index in [-0.39, 0.29) is 5.54 Å². The highest BCUT2D eigenvalue weighted by Gasteiger charge is 2.51. The predicted molar refractivity (Wildman–Crippen MR) is 78.9 cm³/mol. The van der Waals surface area contributed by atoms with Gasteiger partial charge >= 0.3 is 0 Å². The first-order chi connectivity index (χ1) is 8.67. The van der Waals surface area contributed by atoms with E-state index in [4.69, 9.17) is 5.73 Å². The molecule has 2 aliphatic rings. The summed E-state index contributed by atoms with van der Waals surface area (Å²) < 4.78 is 1.09. The number of rotatable bonds is 3. The number of anilines is 1. The minimum Gasteiger partial charge on any atom is -0.369 e. The molecule has 1 aromatic rings. The number of nitrogens with two attached hydrogens (primary N) is 1. The van der Waals surface area contributed by atoms with Gasteiger partial charge in [0, 0.05) is 10.2 Å². The fourth-order valence-electron chi connectivity index (χ4n) is 3.06. The molecule has 0 spiro atoms. The summed E-state index contributed by atoms with van der Waals surface area (Å²) in [7, 11) is 0. The fourth-order valence-corrected chi connectivity index (χ4v) is 3.32. The summed E-state index contributed by atoms with van der Waals surface area (Å²) in [5.74, 6) is 1.42. The standard InChI is InChI=1S/C14H18BrN3/c1-2-14(10-3-4-10)9-17-13(16)18(14)12-7-5-11(15)6-8-12/h5-8,10H,2-4,9H2,1H3,(H2,16,17). The third-order valence-corrected chi connectivity index (χ3v) is 4.75. The first kappa shape index (κ1) is 12.0. The van der Waals surface area contributed by atoms with Gasteiger partial charge in [-0.3, -0.25) is 4.99 Å².